The Bertz CT molecular complexity index is 405. The first-order valence-electron chi connectivity index (χ1n) is 6.33. The maximum atomic E-state index is 9.23. The second-order valence-electron chi connectivity index (χ2n) is 5.04. The molecule has 0 aromatic heterocycles. The summed E-state index contributed by atoms with van der Waals surface area (Å²) in [5.41, 5.74) is 1.38. The van der Waals surface area contributed by atoms with E-state index in [4.69, 9.17) is 4.74 Å². The third kappa shape index (κ3) is 3.46. The zero-order valence-corrected chi connectivity index (χ0v) is 12.3. The van der Waals surface area contributed by atoms with Crippen molar-refractivity contribution in [1.29, 1.82) is 0 Å². The molecule has 2 N–H and O–H groups in total. The van der Waals surface area contributed by atoms with Crippen LogP contribution in [0.4, 0.5) is 0 Å². The van der Waals surface area contributed by atoms with E-state index in [0.717, 1.165) is 42.6 Å². The lowest BCUT2D eigenvalue weighted by atomic mass is 10.1. The van der Waals surface area contributed by atoms with Gasteiger partial charge in [-0.25, -0.2) is 0 Å². The van der Waals surface area contributed by atoms with Gasteiger partial charge in [0.25, 0.3) is 0 Å². The van der Waals surface area contributed by atoms with E-state index in [0.29, 0.717) is 6.61 Å². The molecule has 1 aliphatic carbocycles. The summed E-state index contributed by atoms with van der Waals surface area (Å²) in [6.45, 7) is 2.13. The van der Waals surface area contributed by atoms with E-state index in [1.54, 1.807) is 7.11 Å². The standard InChI is InChI=1S/C14H20BrNO2/c1-18-13-3-2-12(15)8-11(13)4-7-16-9-14(10-17)5-6-14/h2-3,8,16-17H,4-7,9-10H2,1H3. The summed E-state index contributed by atoms with van der Waals surface area (Å²) in [5, 5.41) is 12.7. The minimum Gasteiger partial charge on any atom is -0.496 e. The predicted molar refractivity (Wildman–Crippen MR) is 76.0 cm³/mol. The topological polar surface area (TPSA) is 41.5 Å². The third-order valence-corrected chi connectivity index (χ3v) is 4.10. The number of halogens is 1. The third-order valence-electron chi connectivity index (χ3n) is 3.61. The van der Waals surface area contributed by atoms with E-state index in [1.165, 1.54) is 5.56 Å². The highest BCUT2D eigenvalue weighted by Crippen LogP contribution is 2.44. The molecule has 0 bridgehead atoms. The van der Waals surface area contributed by atoms with Gasteiger partial charge in [0.15, 0.2) is 0 Å². The molecule has 0 heterocycles. The zero-order chi connectivity index (χ0) is 13.0. The van der Waals surface area contributed by atoms with Gasteiger partial charge in [-0.1, -0.05) is 15.9 Å². The van der Waals surface area contributed by atoms with E-state index in [2.05, 4.69) is 27.3 Å². The van der Waals surface area contributed by atoms with Crippen LogP contribution >= 0.6 is 15.9 Å². The van der Waals surface area contributed by atoms with Crippen LogP contribution in [0.1, 0.15) is 18.4 Å². The lowest BCUT2D eigenvalue weighted by Crippen LogP contribution is -2.28. The summed E-state index contributed by atoms with van der Waals surface area (Å²) in [4.78, 5) is 0. The summed E-state index contributed by atoms with van der Waals surface area (Å²) in [7, 11) is 1.70. The highest BCUT2D eigenvalue weighted by atomic mass is 79.9. The number of nitrogens with one attached hydrogen (secondary N) is 1. The molecule has 1 aromatic rings. The van der Waals surface area contributed by atoms with Gasteiger partial charge in [-0.2, -0.15) is 0 Å². The lowest BCUT2D eigenvalue weighted by Gasteiger charge is -2.13. The van der Waals surface area contributed by atoms with Gasteiger partial charge in [0.05, 0.1) is 7.11 Å². The van der Waals surface area contributed by atoms with Crippen LogP contribution < -0.4 is 10.1 Å². The number of rotatable bonds is 7. The molecule has 0 unspecified atom stereocenters. The van der Waals surface area contributed by atoms with E-state index >= 15 is 0 Å². The first-order valence-corrected chi connectivity index (χ1v) is 7.12. The Kier molecular flexibility index (Phi) is 4.65. The molecule has 0 atom stereocenters. The second-order valence-corrected chi connectivity index (χ2v) is 5.96. The van der Waals surface area contributed by atoms with Crippen molar-refractivity contribution in [3.63, 3.8) is 0 Å². The molecule has 0 saturated heterocycles. The van der Waals surface area contributed by atoms with Crippen LogP contribution in [0, 0.1) is 5.41 Å². The number of hydrogen-bond donors (Lipinski definition) is 2. The number of ether oxygens (including phenoxy) is 1. The van der Waals surface area contributed by atoms with Gasteiger partial charge < -0.3 is 15.2 Å². The molecular formula is C14H20BrNO2. The van der Waals surface area contributed by atoms with Crippen LogP contribution in [-0.4, -0.2) is 31.9 Å². The molecule has 0 amide bonds. The van der Waals surface area contributed by atoms with Crippen molar-refractivity contribution in [2.45, 2.75) is 19.3 Å². The number of aliphatic hydroxyl groups excluding tert-OH is 1. The fourth-order valence-electron chi connectivity index (χ4n) is 2.09. The maximum Gasteiger partial charge on any atom is 0.122 e. The second kappa shape index (κ2) is 6.04. The SMILES string of the molecule is COc1ccc(Br)cc1CCNCC1(CO)CC1. The van der Waals surface area contributed by atoms with Gasteiger partial charge in [0.2, 0.25) is 0 Å². The number of methoxy groups -OCH3 is 1. The van der Waals surface area contributed by atoms with Crippen molar-refractivity contribution in [2.75, 3.05) is 26.8 Å². The van der Waals surface area contributed by atoms with Crippen LogP contribution in [0.25, 0.3) is 0 Å². The molecule has 0 spiro atoms. The number of hydrogen-bond acceptors (Lipinski definition) is 3. The fraction of sp³-hybridized carbons (Fsp3) is 0.571. The smallest absolute Gasteiger partial charge is 0.122 e. The molecule has 1 aliphatic rings. The predicted octanol–water partition coefficient (Wildman–Crippen LogP) is 2.36. The Morgan fingerprint density at radius 1 is 1.44 bits per heavy atom. The van der Waals surface area contributed by atoms with Gasteiger partial charge in [0, 0.05) is 23.0 Å². The van der Waals surface area contributed by atoms with Gasteiger partial charge in [-0.3, -0.25) is 0 Å². The normalized spacial score (nSPS) is 16.6. The monoisotopic (exact) mass is 313 g/mol. The Balaban J connectivity index is 1.80. The van der Waals surface area contributed by atoms with Gasteiger partial charge in [0.1, 0.15) is 5.75 Å². The van der Waals surface area contributed by atoms with Crippen molar-refractivity contribution in [2.24, 2.45) is 5.41 Å². The Morgan fingerprint density at radius 2 is 2.22 bits per heavy atom. The van der Waals surface area contributed by atoms with Gasteiger partial charge in [-0.15, -0.1) is 0 Å². The molecule has 1 aromatic carbocycles. The van der Waals surface area contributed by atoms with Crippen molar-refractivity contribution < 1.29 is 9.84 Å². The number of aliphatic hydroxyl groups is 1. The lowest BCUT2D eigenvalue weighted by molar-refractivity contribution is 0.208. The van der Waals surface area contributed by atoms with Crippen LogP contribution in [0.15, 0.2) is 22.7 Å². The van der Waals surface area contributed by atoms with E-state index in [-0.39, 0.29) is 5.41 Å². The quantitative estimate of drug-likeness (QED) is 0.759. The average molecular weight is 314 g/mol. The van der Waals surface area contributed by atoms with E-state index in [9.17, 15) is 5.11 Å². The Morgan fingerprint density at radius 3 is 2.83 bits per heavy atom. The molecule has 100 valence electrons. The van der Waals surface area contributed by atoms with Crippen molar-refractivity contribution in [1.82, 2.24) is 5.32 Å². The summed E-state index contributed by atoms with van der Waals surface area (Å²) in [6, 6.07) is 6.07. The largest absolute Gasteiger partial charge is 0.496 e. The van der Waals surface area contributed by atoms with E-state index < -0.39 is 0 Å². The maximum absolute atomic E-state index is 9.23. The highest BCUT2D eigenvalue weighted by molar-refractivity contribution is 9.10. The first-order chi connectivity index (χ1) is 8.69. The van der Waals surface area contributed by atoms with Crippen LogP contribution in [-0.2, 0) is 6.42 Å². The summed E-state index contributed by atoms with van der Waals surface area (Å²) < 4.78 is 6.42. The first kappa shape index (κ1) is 13.8. The Labute approximate surface area is 117 Å². The van der Waals surface area contributed by atoms with Gasteiger partial charge in [-0.05, 0) is 49.6 Å². The molecule has 4 heteroatoms. The fourth-order valence-corrected chi connectivity index (χ4v) is 2.50. The minimum absolute atomic E-state index is 0.182. The molecule has 0 aliphatic heterocycles. The van der Waals surface area contributed by atoms with Crippen molar-refractivity contribution >= 4 is 15.9 Å². The number of benzene rings is 1. The van der Waals surface area contributed by atoms with Crippen molar-refractivity contribution in [3.05, 3.63) is 28.2 Å². The summed E-state index contributed by atoms with van der Waals surface area (Å²) in [5.74, 6) is 0.934. The highest BCUT2D eigenvalue weighted by Gasteiger charge is 2.41. The minimum atomic E-state index is 0.182. The van der Waals surface area contributed by atoms with Gasteiger partial charge >= 0.3 is 0 Å². The van der Waals surface area contributed by atoms with Crippen LogP contribution in [0.5, 0.6) is 5.75 Å². The molecular weight excluding hydrogens is 294 g/mol. The molecule has 1 fully saturated rings. The molecule has 3 nitrogen and oxygen atoms in total. The zero-order valence-electron chi connectivity index (χ0n) is 10.7. The molecule has 1 saturated carbocycles. The summed E-state index contributed by atoms with van der Waals surface area (Å²) in [6.07, 6.45) is 3.23. The molecule has 0 radical (unpaired) electrons. The summed E-state index contributed by atoms with van der Waals surface area (Å²) >= 11 is 3.48. The van der Waals surface area contributed by atoms with Crippen molar-refractivity contribution in [3.8, 4) is 5.75 Å². The molecule has 2 rings (SSSR count). The van der Waals surface area contributed by atoms with E-state index in [1.807, 2.05) is 12.1 Å². The van der Waals surface area contributed by atoms with Crippen LogP contribution in [0.2, 0.25) is 0 Å². The molecule has 18 heavy (non-hydrogen) atoms. The average Bonchev–Trinajstić information content (AvgIpc) is 3.16. The van der Waals surface area contributed by atoms with Crippen LogP contribution in [0.3, 0.4) is 0 Å². The Hall–Kier alpha value is -0.580.